The van der Waals surface area contributed by atoms with E-state index in [4.69, 9.17) is 9.47 Å². The average Bonchev–Trinajstić information content (AvgIpc) is 3.24. The summed E-state index contributed by atoms with van der Waals surface area (Å²) in [6, 6.07) is 32.0. The van der Waals surface area contributed by atoms with Gasteiger partial charge in [0, 0.05) is 0 Å². The van der Waals surface area contributed by atoms with Crippen LogP contribution in [0.1, 0.15) is 23.6 Å². The fourth-order valence-corrected chi connectivity index (χ4v) is 6.44. The van der Waals surface area contributed by atoms with Crippen LogP contribution in [0, 0.1) is 0 Å². The highest BCUT2D eigenvalue weighted by molar-refractivity contribution is 9.10. The van der Waals surface area contributed by atoms with Crippen LogP contribution in [0.5, 0.6) is 11.5 Å². The lowest BCUT2D eigenvalue weighted by Crippen LogP contribution is -2.27. The Morgan fingerprint density at radius 3 is 2.15 bits per heavy atom. The zero-order valence-corrected chi connectivity index (χ0v) is 24.7. The first-order valence-corrected chi connectivity index (χ1v) is 14.9. The van der Waals surface area contributed by atoms with Gasteiger partial charge in [-0.05, 0) is 91.1 Å². The van der Waals surface area contributed by atoms with E-state index < -0.39 is 0 Å². The fraction of sp³-hybridized carbons (Fsp3) is 0.118. The Labute approximate surface area is 250 Å². The van der Waals surface area contributed by atoms with Crippen molar-refractivity contribution in [3.63, 3.8) is 0 Å². The Kier molecular flexibility index (Phi) is 7.81. The lowest BCUT2D eigenvalue weighted by atomic mass is 10.0. The van der Waals surface area contributed by atoms with Crippen LogP contribution < -0.4 is 9.47 Å². The zero-order valence-electron chi connectivity index (χ0n) is 22.3. The predicted octanol–water partition coefficient (Wildman–Crippen LogP) is 8.97. The summed E-state index contributed by atoms with van der Waals surface area (Å²) >= 11 is 4.59. The molecular formula is C34H26BrNO4S. The lowest BCUT2D eigenvalue weighted by Gasteiger charge is -2.16. The van der Waals surface area contributed by atoms with Crippen molar-refractivity contribution in [3.8, 4) is 11.5 Å². The number of amides is 2. The fourth-order valence-electron chi connectivity index (χ4n) is 5.03. The maximum atomic E-state index is 13.3. The molecule has 1 saturated heterocycles. The minimum absolute atomic E-state index is 0.220. The van der Waals surface area contributed by atoms with Crippen LogP contribution in [0.15, 0.2) is 106 Å². The third-order valence-corrected chi connectivity index (χ3v) is 8.46. The quantitative estimate of drug-likeness (QED) is 0.161. The number of thioether (sulfide) groups is 1. The molecule has 1 aliphatic heterocycles. The van der Waals surface area contributed by atoms with Crippen LogP contribution >= 0.6 is 27.7 Å². The first kappa shape index (κ1) is 27.1. The van der Waals surface area contributed by atoms with Gasteiger partial charge in [-0.3, -0.25) is 14.5 Å². The summed E-state index contributed by atoms with van der Waals surface area (Å²) in [5.74, 6) is 0.836. The highest BCUT2D eigenvalue weighted by Gasteiger charge is 2.35. The number of hydrogen-bond acceptors (Lipinski definition) is 5. The molecule has 0 unspecified atom stereocenters. The van der Waals surface area contributed by atoms with Crippen molar-refractivity contribution >= 4 is 66.5 Å². The number of imide groups is 1. The Morgan fingerprint density at radius 1 is 0.805 bits per heavy atom. The normalized spacial score (nSPS) is 14.4. The van der Waals surface area contributed by atoms with Crippen LogP contribution in [0.25, 0.3) is 27.6 Å². The smallest absolute Gasteiger partial charge is 0.293 e. The molecule has 1 fully saturated rings. The summed E-state index contributed by atoms with van der Waals surface area (Å²) in [7, 11) is 0. The summed E-state index contributed by atoms with van der Waals surface area (Å²) in [5, 5.41) is 4.11. The third-order valence-electron chi connectivity index (χ3n) is 6.96. The molecule has 5 aromatic rings. The number of benzene rings is 5. The SMILES string of the molecule is CCOc1cc(/C=C2\SC(=O)N(Cc3cccc4ccccc34)C2=O)cc(Br)c1OCc1cccc2ccccc12. The van der Waals surface area contributed by atoms with Gasteiger partial charge in [0.1, 0.15) is 6.61 Å². The minimum atomic E-state index is -0.307. The van der Waals surface area contributed by atoms with Gasteiger partial charge in [-0.1, -0.05) is 84.9 Å². The van der Waals surface area contributed by atoms with Crippen molar-refractivity contribution in [3.05, 3.63) is 123 Å². The predicted molar refractivity (Wildman–Crippen MR) is 169 cm³/mol. The van der Waals surface area contributed by atoms with Gasteiger partial charge in [-0.25, -0.2) is 0 Å². The maximum absolute atomic E-state index is 13.3. The second-order valence-corrected chi connectivity index (χ2v) is 11.4. The summed E-state index contributed by atoms with van der Waals surface area (Å²) in [6.07, 6.45) is 1.73. The van der Waals surface area contributed by atoms with E-state index in [1.807, 2.05) is 79.7 Å². The number of hydrogen-bond donors (Lipinski definition) is 0. The zero-order chi connectivity index (χ0) is 28.3. The van der Waals surface area contributed by atoms with Crippen molar-refractivity contribution in [1.82, 2.24) is 4.90 Å². The van der Waals surface area contributed by atoms with E-state index >= 15 is 0 Å². The van der Waals surface area contributed by atoms with Crippen LogP contribution in [-0.4, -0.2) is 22.7 Å². The van der Waals surface area contributed by atoms with E-state index in [-0.39, 0.29) is 17.7 Å². The molecule has 0 N–H and O–H groups in total. The second-order valence-electron chi connectivity index (χ2n) is 9.60. The molecule has 5 aromatic carbocycles. The van der Waals surface area contributed by atoms with Crippen LogP contribution in [-0.2, 0) is 17.9 Å². The molecule has 1 aliphatic rings. The highest BCUT2D eigenvalue weighted by Crippen LogP contribution is 2.40. The summed E-state index contributed by atoms with van der Waals surface area (Å²) in [5.41, 5.74) is 2.73. The Bertz CT molecular complexity index is 1820. The van der Waals surface area contributed by atoms with Crippen molar-refractivity contribution < 1.29 is 19.1 Å². The molecular weight excluding hydrogens is 598 g/mol. The molecule has 1 heterocycles. The molecule has 2 amide bonds. The van der Waals surface area contributed by atoms with E-state index in [0.717, 1.165) is 50.0 Å². The topological polar surface area (TPSA) is 55.8 Å². The Hall–Kier alpha value is -4.07. The molecule has 0 saturated carbocycles. The average molecular weight is 625 g/mol. The van der Waals surface area contributed by atoms with Crippen molar-refractivity contribution in [2.45, 2.75) is 20.1 Å². The summed E-state index contributed by atoms with van der Waals surface area (Å²) in [4.78, 5) is 27.9. The molecule has 5 nitrogen and oxygen atoms in total. The molecule has 0 aromatic heterocycles. The number of carbonyl (C=O) groups excluding carboxylic acids is 2. The lowest BCUT2D eigenvalue weighted by molar-refractivity contribution is -0.123. The molecule has 7 heteroatoms. The molecule has 0 bridgehead atoms. The molecule has 0 radical (unpaired) electrons. The molecule has 204 valence electrons. The van der Waals surface area contributed by atoms with E-state index in [2.05, 4.69) is 40.2 Å². The van der Waals surface area contributed by atoms with Crippen molar-refractivity contribution in [2.75, 3.05) is 6.61 Å². The monoisotopic (exact) mass is 623 g/mol. The van der Waals surface area contributed by atoms with Crippen molar-refractivity contribution in [2.24, 2.45) is 0 Å². The number of ether oxygens (including phenoxy) is 2. The van der Waals surface area contributed by atoms with Gasteiger partial charge < -0.3 is 9.47 Å². The van der Waals surface area contributed by atoms with E-state index in [0.29, 0.717) is 34.1 Å². The molecule has 0 spiro atoms. The molecule has 41 heavy (non-hydrogen) atoms. The van der Waals surface area contributed by atoms with E-state index in [1.54, 1.807) is 6.08 Å². The van der Waals surface area contributed by atoms with E-state index in [9.17, 15) is 9.59 Å². The van der Waals surface area contributed by atoms with Gasteiger partial charge in [0.25, 0.3) is 11.1 Å². The first-order valence-electron chi connectivity index (χ1n) is 13.3. The van der Waals surface area contributed by atoms with Crippen molar-refractivity contribution in [1.29, 1.82) is 0 Å². The highest BCUT2D eigenvalue weighted by atomic mass is 79.9. The van der Waals surface area contributed by atoms with Gasteiger partial charge in [0.2, 0.25) is 0 Å². The van der Waals surface area contributed by atoms with Gasteiger partial charge >= 0.3 is 0 Å². The second kappa shape index (κ2) is 11.8. The van der Waals surface area contributed by atoms with E-state index in [1.165, 1.54) is 4.90 Å². The number of rotatable bonds is 8. The maximum Gasteiger partial charge on any atom is 0.293 e. The third kappa shape index (κ3) is 5.60. The minimum Gasteiger partial charge on any atom is -0.490 e. The van der Waals surface area contributed by atoms with Gasteiger partial charge in [-0.2, -0.15) is 0 Å². The Balaban J connectivity index is 1.25. The van der Waals surface area contributed by atoms with Crippen LogP contribution in [0.4, 0.5) is 4.79 Å². The van der Waals surface area contributed by atoms with Crippen LogP contribution in [0.2, 0.25) is 0 Å². The van der Waals surface area contributed by atoms with Gasteiger partial charge in [0.15, 0.2) is 11.5 Å². The number of carbonyl (C=O) groups is 2. The number of nitrogens with zero attached hydrogens (tertiary/aromatic N) is 1. The summed E-state index contributed by atoms with van der Waals surface area (Å²) < 4.78 is 12.9. The number of fused-ring (bicyclic) bond motifs is 2. The van der Waals surface area contributed by atoms with Gasteiger partial charge in [0.05, 0.1) is 22.5 Å². The van der Waals surface area contributed by atoms with Crippen LogP contribution in [0.3, 0.4) is 0 Å². The molecule has 6 rings (SSSR count). The number of halogens is 1. The van der Waals surface area contributed by atoms with Gasteiger partial charge in [-0.15, -0.1) is 0 Å². The summed E-state index contributed by atoms with van der Waals surface area (Å²) in [6.45, 7) is 2.94. The molecule has 0 atom stereocenters. The Morgan fingerprint density at radius 2 is 1.44 bits per heavy atom. The standard InChI is InChI=1S/C34H26BrNO4S/c1-2-39-30-18-22(17-29(35)32(30)40-21-26-14-8-12-24-10-4-6-16-28(24)26)19-31-33(37)36(34(38)41-31)20-25-13-7-11-23-9-3-5-15-27(23)25/h3-19H,2,20-21H2,1H3/b31-19-. The largest absolute Gasteiger partial charge is 0.490 e. The molecule has 0 aliphatic carbocycles. The first-order chi connectivity index (χ1) is 20.0.